The zero-order chi connectivity index (χ0) is 18.1. The largest absolute Gasteiger partial charge is 0.496 e. The molecule has 0 bridgehead atoms. The minimum absolute atomic E-state index is 0.183. The van der Waals surface area contributed by atoms with Gasteiger partial charge in [-0.25, -0.2) is 0 Å². The summed E-state index contributed by atoms with van der Waals surface area (Å²) in [7, 11) is 5.07. The van der Waals surface area contributed by atoms with Crippen molar-refractivity contribution in [3.05, 3.63) is 18.2 Å². The van der Waals surface area contributed by atoms with Gasteiger partial charge in [-0.05, 0) is 6.42 Å². The molecule has 1 fully saturated rings. The maximum Gasteiger partial charge on any atom is 0.223 e. The summed E-state index contributed by atoms with van der Waals surface area (Å²) in [5.41, 5.74) is 0. The fraction of sp³-hybridized carbons (Fsp3) is 0.611. The molecule has 1 aliphatic rings. The molecular formula is C18H28N2O4S. The molecule has 6 nitrogen and oxygen atoms in total. The Labute approximate surface area is 154 Å². The van der Waals surface area contributed by atoms with Crippen LogP contribution in [0.1, 0.15) is 12.8 Å². The van der Waals surface area contributed by atoms with Crippen molar-refractivity contribution in [2.75, 3.05) is 52.5 Å². The first kappa shape index (κ1) is 19.7. The minimum Gasteiger partial charge on any atom is -0.496 e. The van der Waals surface area contributed by atoms with E-state index in [4.69, 9.17) is 14.2 Å². The van der Waals surface area contributed by atoms with Crippen molar-refractivity contribution in [3.63, 3.8) is 0 Å². The van der Waals surface area contributed by atoms with Crippen molar-refractivity contribution < 1.29 is 19.0 Å². The average molecular weight is 368 g/mol. The molecule has 0 aromatic heterocycles. The average Bonchev–Trinajstić information content (AvgIpc) is 2.65. The first-order chi connectivity index (χ1) is 12.1. The number of ether oxygens (including phenoxy) is 3. The zero-order valence-electron chi connectivity index (χ0n) is 15.2. The second kappa shape index (κ2) is 10.4. The zero-order valence-corrected chi connectivity index (χ0v) is 16.1. The number of nitrogens with one attached hydrogen (secondary N) is 1. The number of rotatable bonds is 9. The van der Waals surface area contributed by atoms with Crippen LogP contribution in [0.2, 0.25) is 0 Å². The van der Waals surface area contributed by atoms with Crippen LogP contribution < -0.4 is 19.5 Å². The van der Waals surface area contributed by atoms with Crippen LogP contribution >= 0.6 is 11.8 Å². The standard InChI is InChI=1S/C18H28N2O4S/c1-20(18(21)9-14-13-25-8-5-19-14)6-4-7-24-17-11-15(22-2)10-16(12-17)23-3/h10-12,14,19H,4-9,13H2,1-3H3. The molecule has 1 amide bonds. The summed E-state index contributed by atoms with van der Waals surface area (Å²) in [6.07, 6.45) is 1.34. The van der Waals surface area contributed by atoms with Gasteiger partial charge in [0, 0.05) is 62.3 Å². The summed E-state index contributed by atoms with van der Waals surface area (Å²) >= 11 is 1.91. The maximum absolute atomic E-state index is 12.2. The van der Waals surface area contributed by atoms with Gasteiger partial charge in [0.2, 0.25) is 5.91 Å². The van der Waals surface area contributed by atoms with Gasteiger partial charge >= 0.3 is 0 Å². The molecule has 140 valence electrons. The smallest absolute Gasteiger partial charge is 0.223 e. The van der Waals surface area contributed by atoms with E-state index >= 15 is 0 Å². The van der Waals surface area contributed by atoms with Crippen molar-refractivity contribution in [2.45, 2.75) is 18.9 Å². The number of hydrogen-bond donors (Lipinski definition) is 1. The lowest BCUT2D eigenvalue weighted by Gasteiger charge is -2.25. The number of carbonyl (C=O) groups excluding carboxylic acids is 1. The second-order valence-corrected chi connectivity index (χ2v) is 7.15. The predicted molar refractivity (Wildman–Crippen MR) is 101 cm³/mol. The Morgan fingerprint density at radius 3 is 2.52 bits per heavy atom. The third-order valence-corrected chi connectivity index (χ3v) is 5.21. The molecule has 7 heteroatoms. The van der Waals surface area contributed by atoms with Gasteiger partial charge in [0.25, 0.3) is 0 Å². The van der Waals surface area contributed by atoms with Crippen LogP contribution in [0.5, 0.6) is 17.2 Å². The van der Waals surface area contributed by atoms with Crippen LogP contribution in [0.3, 0.4) is 0 Å². The lowest BCUT2D eigenvalue weighted by molar-refractivity contribution is -0.130. The van der Waals surface area contributed by atoms with Crippen molar-refractivity contribution in [2.24, 2.45) is 0 Å². The molecule has 1 saturated heterocycles. The highest BCUT2D eigenvalue weighted by molar-refractivity contribution is 7.99. The Morgan fingerprint density at radius 1 is 1.24 bits per heavy atom. The Kier molecular flexibility index (Phi) is 8.21. The van der Waals surface area contributed by atoms with Gasteiger partial charge in [-0.1, -0.05) is 0 Å². The highest BCUT2D eigenvalue weighted by Crippen LogP contribution is 2.27. The predicted octanol–water partition coefficient (Wildman–Crippen LogP) is 2.03. The van der Waals surface area contributed by atoms with Gasteiger partial charge in [0.15, 0.2) is 0 Å². The van der Waals surface area contributed by atoms with E-state index in [1.54, 1.807) is 25.2 Å². The fourth-order valence-electron chi connectivity index (χ4n) is 2.60. The Bertz CT molecular complexity index is 528. The SMILES string of the molecule is COc1cc(OC)cc(OCCCN(C)C(=O)CC2CSCCN2)c1. The molecule has 0 saturated carbocycles. The van der Waals surface area contributed by atoms with E-state index in [0.29, 0.717) is 42.9 Å². The second-order valence-electron chi connectivity index (χ2n) is 6.00. The van der Waals surface area contributed by atoms with Gasteiger partial charge in [-0.15, -0.1) is 0 Å². The minimum atomic E-state index is 0.183. The van der Waals surface area contributed by atoms with Crippen LogP contribution in [0.15, 0.2) is 18.2 Å². The molecule has 1 aromatic carbocycles. The number of benzene rings is 1. The Hall–Kier alpha value is -1.60. The van der Waals surface area contributed by atoms with Gasteiger partial charge in [-0.3, -0.25) is 4.79 Å². The van der Waals surface area contributed by atoms with E-state index in [1.165, 1.54) is 0 Å². The van der Waals surface area contributed by atoms with E-state index in [-0.39, 0.29) is 5.91 Å². The number of thioether (sulfide) groups is 1. The first-order valence-electron chi connectivity index (χ1n) is 8.53. The van der Waals surface area contributed by atoms with E-state index in [9.17, 15) is 4.79 Å². The molecule has 1 aliphatic heterocycles. The van der Waals surface area contributed by atoms with Crippen molar-refractivity contribution in [1.29, 1.82) is 0 Å². The van der Waals surface area contributed by atoms with Gasteiger partial charge in [0.05, 0.1) is 20.8 Å². The number of nitrogens with zero attached hydrogens (tertiary/aromatic N) is 1. The van der Waals surface area contributed by atoms with E-state index in [0.717, 1.165) is 24.5 Å². The molecule has 2 rings (SSSR count). The summed E-state index contributed by atoms with van der Waals surface area (Å²) in [4.78, 5) is 14.0. The van der Waals surface area contributed by atoms with Crippen molar-refractivity contribution in [1.82, 2.24) is 10.2 Å². The summed E-state index contributed by atoms with van der Waals surface area (Å²) in [5.74, 6) is 4.42. The quantitative estimate of drug-likeness (QED) is 0.673. The summed E-state index contributed by atoms with van der Waals surface area (Å²) in [6, 6.07) is 5.75. The molecule has 1 atom stereocenters. The third kappa shape index (κ3) is 6.66. The van der Waals surface area contributed by atoms with E-state index in [1.807, 2.05) is 30.9 Å². The van der Waals surface area contributed by atoms with Gasteiger partial charge in [-0.2, -0.15) is 11.8 Å². The molecule has 1 N–H and O–H groups in total. The van der Waals surface area contributed by atoms with Crippen LogP contribution in [0, 0.1) is 0 Å². The summed E-state index contributed by atoms with van der Waals surface area (Å²) in [6.45, 7) is 2.20. The first-order valence-corrected chi connectivity index (χ1v) is 9.69. The van der Waals surface area contributed by atoms with Crippen LogP contribution in [0.25, 0.3) is 0 Å². The normalized spacial score (nSPS) is 17.0. The highest BCUT2D eigenvalue weighted by atomic mass is 32.2. The lowest BCUT2D eigenvalue weighted by atomic mass is 10.2. The summed E-state index contributed by atoms with van der Waals surface area (Å²) < 4.78 is 16.2. The monoisotopic (exact) mass is 368 g/mol. The third-order valence-electron chi connectivity index (χ3n) is 4.08. The van der Waals surface area contributed by atoms with Crippen molar-refractivity contribution >= 4 is 17.7 Å². The molecule has 1 aromatic rings. The molecular weight excluding hydrogens is 340 g/mol. The molecule has 0 aliphatic carbocycles. The van der Waals surface area contributed by atoms with Gasteiger partial charge < -0.3 is 24.4 Å². The lowest BCUT2D eigenvalue weighted by Crippen LogP contribution is -2.42. The molecule has 0 radical (unpaired) electrons. The maximum atomic E-state index is 12.2. The highest BCUT2D eigenvalue weighted by Gasteiger charge is 2.18. The molecule has 1 heterocycles. The molecule has 1 unspecified atom stereocenters. The number of hydrogen-bond acceptors (Lipinski definition) is 6. The summed E-state index contributed by atoms with van der Waals surface area (Å²) in [5, 5.41) is 3.40. The number of amides is 1. The molecule has 25 heavy (non-hydrogen) atoms. The Morgan fingerprint density at radius 2 is 1.92 bits per heavy atom. The van der Waals surface area contributed by atoms with Crippen LogP contribution in [-0.2, 0) is 4.79 Å². The van der Waals surface area contributed by atoms with Gasteiger partial charge in [0.1, 0.15) is 17.2 Å². The molecule has 0 spiro atoms. The van der Waals surface area contributed by atoms with Crippen LogP contribution in [-0.4, -0.2) is 69.3 Å². The van der Waals surface area contributed by atoms with Crippen molar-refractivity contribution in [3.8, 4) is 17.2 Å². The fourth-order valence-corrected chi connectivity index (χ4v) is 3.55. The van der Waals surface area contributed by atoms with E-state index < -0.39 is 0 Å². The van der Waals surface area contributed by atoms with E-state index in [2.05, 4.69) is 5.32 Å². The Balaban J connectivity index is 1.70. The number of carbonyl (C=O) groups is 1. The van der Waals surface area contributed by atoms with Crippen LogP contribution in [0.4, 0.5) is 0 Å². The topological polar surface area (TPSA) is 60.0 Å². The number of methoxy groups -OCH3 is 2.